The minimum absolute atomic E-state index is 0.131. The summed E-state index contributed by atoms with van der Waals surface area (Å²) in [5, 5.41) is 10.7. The lowest BCUT2D eigenvalue weighted by atomic mass is 10.1. The zero-order valence-electron chi connectivity index (χ0n) is 20.5. The van der Waals surface area contributed by atoms with Crippen molar-refractivity contribution in [3.05, 3.63) is 69.5 Å². The van der Waals surface area contributed by atoms with Crippen molar-refractivity contribution < 1.29 is 53.5 Å². The summed E-state index contributed by atoms with van der Waals surface area (Å²) in [6.07, 6.45) is -9.95. The van der Waals surface area contributed by atoms with Gasteiger partial charge < -0.3 is 14.4 Å². The molecule has 9 nitrogen and oxygen atoms in total. The first-order valence-electron chi connectivity index (χ1n) is 11.4. The molecule has 1 aliphatic rings. The van der Waals surface area contributed by atoms with Gasteiger partial charge in [-0.05, 0) is 37.7 Å². The number of alkyl halides is 6. The predicted octanol–water partition coefficient (Wildman–Crippen LogP) is 6.51. The lowest BCUT2D eigenvalue weighted by Gasteiger charge is -2.19. The molecule has 0 saturated carbocycles. The van der Waals surface area contributed by atoms with Gasteiger partial charge in [0.05, 0.1) is 27.8 Å². The number of sulfonamides is 1. The normalized spacial score (nSPS) is 16.5. The summed E-state index contributed by atoms with van der Waals surface area (Å²) in [7, 11) is -2.95. The van der Waals surface area contributed by atoms with Gasteiger partial charge in [-0.15, -0.1) is 0 Å². The average Bonchev–Trinajstić information content (AvgIpc) is 3.44. The summed E-state index contributed by atoms with van der Waals surface area (Å²) in [6, 6.07) is 3.84. The summed E-state index contributed by atoms with van der Waals surface area (Å²) in [5.41, 5.74) is -3.93. The van der Waals surface area contributed by atoms with Crippen LogP contribution in [0.4, 0.5) is 42.1 Å². The first-order chi connectivity index (χ1) is 18.9. The van der Waals surface area contributed by atoms with Gasteiger partial charge in [-0.1, -0.05) is 11.3 Å². The van der Waals surface area contributed by atoms with Crippen LogP contribution in [0.15, 0.2) is 46.7 Å². The molecule has 1 atom stereocenters. The van der Waals surface area contributed by atoms with E-state index in [1.54, 1.807) is 7.05 Å². The smallest absolute Gasteiger partial charge is 0.419 e. The van der Waals surface area contributed by atoms with Crippen LogP contribution in [0, 0.1) is 15.9 Å². The van der Waals surface area contributed by atoms with Crippen molar-refractivity contribution in [1.29, 1.82) is 0 Å². The Labute approximate surface area is 231 Å². The molecule has 2 aromatic carbocycles. The number of thiophene rings is 1. The van der Waals surface area contributed by atoms with E-state index >= 15 is 0 Å². The van der Waals surface area contributed by atoms with Gasteiger partial charge >= 0.3 is 18.0 Å². The number of nitrogens with one attached hydrogen (secondary N) is 1. The first kappa shape index (κ1) is 30.3. The molecule has 0 unspecified atom stereocenters. The first-order valence-corrected chi connectivity index (χ1v) is 13.7. The molecule has 0 spiro atoms. The molecule has 2 heterocycles. The highest BCUT2D eigenvalue weighted by atomic mass is 32.2. The summed E-state index contributed by atoms with van der Waals surface area (Å²) in [4.78, 5) is 12.3. The third-order valence-corrected chi connectivity index (χ3v) is 8.57. The molecule has 0 aliphatic carbocycles. The third-order valence-electron chi connectivity index (χ3n) is 5.71. The number of rotatable bonds is 8. The Hall–Kier alpha value is -3.64. The van der Waals surface area contributed by atoms with Gasteiger partial charge in [0.2, 0.25) is 0 Å². The maximum absolute atomic E-state index is 13.7. The van der Waals surface area contributed by atoms with Gasteiger partial charge in [0.25, 0.3) is 15.1 Å². The summed E-state index contributed by atoms with van der Waals surface area (Å²) < 4.78 is 131. The van der Waals surface area contributed by atoms with E-state index in [4.69, 9.17) is 9.47 Å². The lowest BCUT2D eigenvalue weighted by Crippen LogP contribution is -2.23. The highest BCUT2D eigenvalue weighted by Gasteiger charge is 2.37. The molecule has 3 aromatic rings. The fraction of sp³-hybridized carbons (Fsp3) is 0.304. The van der Waals surface area contributed by atoms with Crippen LogP contribution in [-0.2, 0) is 22.4 Å². The number of likely N-dealkylation sites (tertiary alicyclic amines) is 1. The van der Waals surface area contributed by atoms with Gasteiger partial charge in [0, 0.05) is 25.2 Å². The number of ether oxygens (including phenoxy) is 2. The van der Waals surface area contributed by atoms with E-state index in [9.17, 15) is 49.3 Å². The van der Waals surface area contributed by atoms with Crippen LogP contribution in [0.2, 0.25) is 0 Å². The van der Waals surface area contributed by atoms with Crippen molar-refractivity contribution in [2.45, 2.75) is 29.1 Å². The molecule has 1 fully saturated rings. The Morgan fingerprint density at radius 3 is 2.37 bits per heavy atom. The topological polar surface area (TPSA) is 111 Å². The Kier molecular flexibility index (Phi) is 8.12. The van der Waals surface area contributed by atoms with Crippen LogP contribution >= 0.6 is 11.3 Å². The van der Waals surface area contributed by atoms with Gasteiger partial charge in [-0.3, -0.25) is 14.8 Å². The molecule has 0 amide bonds. The fourth-order valence-electron chi connectivity index (χ4n) is 3.86. The largest absolute Gasteiger partial charge is 0.488 e. The molecular formula is C23H18F7N3O6S2. The zero-order valence-corrected chi connectivity index (χ0v) is 22.2. The maximum atomic E-state index is 13.7. The van der Waals surface area contributed by atoms with E-state index in [2.05, 4.69) is 0 Å². The van der Waals surface area contributed by atoms with Crippen molar-refractivity contribution in [3.63, 3.8) is 0 Å². The fourth-order valence-corrected chi connectivity index (χ4v) is 6.19. The highest BCUT2D eigenvalue weighted by molar-refractivity contribution is 7.94. The Balaban J connectivity index is 1.64. The number of likely N-dealkylation sites (N-methyl/N-ethyl adjacent to an activating group) is 1. The van der Waals surface area contributed by atoms with E-state index in [1.807, 2.05) is 9.62 Å². The molecule has 18 heteroatoms. The molecular weight excluding hydrogens is 611 g/mol. The number of anilines is 1. The van der Waals surface area contributed by atoms with E-state index in [-0.39, 0.29) is 23.1 Å². The number of halogens is 7. The van der Waals surface area contributed by atoms with E-state index in [0.717, 1.165) is 12.1 Å². The van der Waals surface area contributed by atoms with Crippen molar-refractivity contribution >= 4 is 32.7 Å². The van der Waals surface area contributed by atoms with Crippen molar-refractivity contribution in [2.24, 2.45) is 0 Å². The maximum Gasteiger partial charge on any atom is 0.419 e. The molecule has 1 aliphatic heterocycles. The van der Waals surface area contributed by atoms with Crippen LogP contribution in [0.5, 0.6) is 16.6 Å². The van der Waals surface area contributed by atoms with Crippen LogP contribution in [0.1, 0.15) is 17.5 Å². The summed E-state index contributed by atoms with van der Waals surface area (Å²) in [6.45, 7) is 0.914. The molecule has 1 N–H and O–H groups in total. The van der Waals surface area contributed by atoms with E-state index in [0.29, 0.717) is 43.8 Å². The van der Waals surface area contributed by atoms with Gasteiger partial charge in [0.1, 0.15) is 23.4 Å². The molecule has 1 aromatic heterocycles. The van der Waals surface area contributed by atoms with Crippen molar-refractivity contribution in [2.75, 3.05) is 24.9 Å². The molecule has 222 valence electrons. The second-order valence-corrected chi connectivity index (χ2v) is 11.8. The monoisotopic (exact) mass is 629 g/mol. The zero-order chi connectivity index (χ0) is 30.3. The lowest BCUT2D eigenvalue weighted by molar-refractivity contribution is -0.385. The minimum atomic E-state index is -4.97. The Morgan fingerprint density at radius 1 is 1.07 bits per heavy atom. The van der Waals surface area contributed by atoms with Crippen molar-refractivity contribution in [1.82, 2.24) is 4.90 Å². The van der Waals surface area contributed by atoms with Gasteiger partial charge in [-0.2, -0.15) is 26.3 Å². The second-order valence-electron chi connectivity index (χ2n) is 8.88. The molecule has 1 saturated heterocycles. The molecule has 0 radical (unpaired) electrons. The number of nitro groups is 1. The predicted molar refractivity (Wildman–Crippen MR) is 131 cm³/mol. The van der Waals surface area contributed by atoms with Crippen LogP contribution in [0.3, 0.4) is 0 Å². The third kappa shape index (κ3) is 7.17. The number of hydrogen-bond donors (Lipinski definition) is 1. The molecule has 0 bridgehead atoms. The van der Waals surface area contributed by atoms with Gasteiger partial charge in [-0.25, -0.2) is 12.8 Å². The number of hydrogen-bond acceptors (Lipinski definition) is 8. The van der Waals surface area contributed by atoms with Crippen LogP contribution in [-0.4, -0.2) is 44.5 Å². The van der Waals surface area contributed by atoms with Gasteiger partial charge in [0.15, 0.2) is 4.21 Å². The van der Waals surface area contributed by atoms with E-state index < -0.39 is 76.8 Å². The van der Waals surface area contributed by atoms with E-state index in [1.165, 1.54) is 0 Å². The summed E-state index contributed by atoms with van der Waals surface area (Å²) >= 11 is 0.131. The van der Waals surface area contributed by atoms with Crippen LogP contribution < -0.4 is 14.2 Å². The Morgan fingerprint density at radius 2 is 1.78 bits per heavy atom. The quantitative estimate of drug-likeness (QED) is 0.172. The second kappa shape index (κ2) is 11.0. The number of benzene rings is 2. The van der Waals surface area contributed by atoms with Crippen LogP contribution in [0.25, 0.3) is 0 Å². The highest BCUT2D eigenvalue weighted by Crippen LogP contribution is 2.44. The SMILES string of the molecule is CN1CC[C@@H](Oc2cc(NS(=O)(=O)c3cc([N+](=O)[O-])c(Oc4cc(F)cc(C(F)(F)F)c4)s3)ccc2C(F)(F)F)C1. The molecule has 41 heavy (non-hydrogen) atoms. The summed E-state index contributed by atoms with van der Waals surface area (Å²) in [5.74, 6) is -2.79. The minimum Gasteiger partial charge on any atom is -0.488 e. The Bertz CT molecular complexity index is 1570. The average molecular weight is 630 g/mol. The number of nitrogens with zero attached hydrogens (tertiary/aromatic N) is 2. The van der Waals surface area contributed by atoms with Crippen molar-refractivity contribution in [3.8, 4) is 16.6 Å². The standard InChI is InChI=1S/C23H18F7N3O6S2/c1-32-5-4-15(11-32)38-19-9-14(2-3-17(19)23(28,29)30)31-41(36,37)20-10-18(33(34)35)21(40-20)39-16-7-12(22(25,26)27)6-13(24)8-16/h2-3,6-10,15,31H,4-5,11H2,1H3/t15-/m1/s1. The molecule has 4 rings (SSSR count).